The molecule has 1 aliphatic carbocycles. The van der Waals surface area contributed by atoms with Crippen molar-refractivity contribution in [2.75, 3.05) is 6.61 Å². The number of nitrogens with one attached hydrogen (secondary N) is 1. The quantitative estimate of drug-likeness (QED) is 0.702. The first-order chi connectivity index (χ1) is 12.8. The maximum atomic E-state index is 12.9. The minimum Gasteiger partial charge on any atom is -0.378 e. The molecule has 0 radical (unpaired) electrons. The normalized spacial score (nSPS) is 23.0. The molecule has 3 unspecified atom stereocenters. The van der Waals surface area contributed by atoms with Gasteiger partial charge in [0.15, 0.2) is 0 Å². The molecular weight excluding hydrogens is 409 g/mol. The van der Waals surface area contributed by atoms with Crippen LogP contribution in [0.15, 0.2) is 48.8 Å². The molecular formula is C22H31Cl2N3O2. The van der Waals surface area contributed by atoms with E-state index >= 15 is 0 Å². The van der Waals surface area contributed by atoms with Crippen LogP contribution >= 0.6 is 24.8 Å². The summed E-state index contributed by atoms with van der Waals surface area (Å²) < 4.78 is 5.72. The van der Waals surface area contributed by atoms with Crippen LogP contribution in [0.3, 0.4) is 0 Å². The largest absolute Gasteiger partial charge is 0.378 e. The summed E-state index contributed by atoms with van der Waals surface area (Å²) in [6.07, 6.45) is 4.17. The summed E-state index contributed by atoms with van der Waals surface area (Å²) in [5.74, 6) is -0.118. The first-order valence-corrected chi connectivity index (χ1v) is 9.51. The average molecular weight is 440 g/mol. The lowest BCUT2D eigenvalue weighted by Crippen LogP contribution is -2.75. The third kappa shape index (κ3) is 4.75. The number of ether oxygens (including phenoxy) is 1. The number of nitrogens with two attached hydrogens (primary N) is 1. The highest BCUT2D eigenvalue weighted by molar-refractivity contribution is 5.89. The van der Waals surface area contributed by atoms with Crippen LogP contribution in [0.5, 0.6) is 0 Å². The summed E-state index contributed by atoms with van der Waals surface area (Å²) in [6, 6.07) is 12.0. The van der Waals surface area contributed by atoms with Gasteiger partial charge in [-0.1, -0.05) is 44.2 Å². The molecule has 1 saturated carbocycles. The van der Waals surface area contributed by atoms with Gasteiger partial charge in [-0.15, -0.1) is 24.8 Å². The zero-order valence-corrected chi connectivity index (χ0v) is 19.0. The molecule has 29 heavy (non-hydrogen) atoms. The number of hydrogen-bond acceptors (Lipinski definition) is 4. The molecule has 7 heteroatoms. The third-order valence-electron chi connectivity index (χ3n) is 5.99. The van der Waals surface area contributed by atoms with E-state index < -0.39 is 11.0 Å². The van der Waals surface area contributed by atoms with Gasteiger partial charge in [0.25, 0.3) is 0 Å². The molecule has 1 aromatic heterocycles. The Morgan fingerprint density at radius 2 is 1.90 bits per heavy atom. The smallest absolute Gasteiger partial charge is 0.241 e. The van der Waals surface area contributed by atoms with Crippen LogP contribution < -0.4 is 11.1 Å². The molecule has 1 amide bonds. The highest BCUT2D eigenvalue weighted by Gasteiger charge is 2.62. The number of halogens is 2. The van der Waals surface area contributed by atoms with E-state index in [4.69, 9.17) is 10.5 Å². The van der Waals surface area contributed by atoms with E-state index in [0.29, 0.717) is 13.0 Å². The molecule has 3 atom stereocenters. The van der Waals surface area contributed by atoms with Crippen molar-refractivity contribution in [2.24, 2.45) is 11.1 Å². The van der Waals surface area contributed by atoms with Gasteiger partial charge in [0.2, 0.25) is 5.91 Å². The minimum absolute atomic E-state index is 0. The molecule has 1 aromatic carbocycles. The fourth-order valence-electron chi connectivity index (χ4n) is 3.73. The van der Waals surface area contributed by atoms with E-state index in [1.54, 1.807) is 6.20 Å². The lowest BCUT2D eigenvalue weighted by atomic mass is 9.54. The maximum Gasteiger partial charge on any atom is 0.241 e. The lowest BCUT2D eigenvalue weighted by molar-refractivity contribution is -0.171. The number of nitrogens with zero attached hydrogens (tertiary/aromatic N) is 1. The number of hydrogen-bond donors (Lipinski definition) is 2. The van der Waals surface area contributed by atoms with Crippen molar-refractivity contribution >= 4 is 30.7 Å². The van der Waals surface area contributed by atoms with Crippen LogP contribution in [0.1, 0.15) is 45.7 Å². The van der Waals surface area contributed by atoms with E-state index in [1.807, 2.05) is 70.3 Å². The Hall–Kier alpha value is -1.66. The third-order valence-corrected chi connectivity index (χ3v) is 5.99. The van der Waals surface area contributed by atoms with Gasteiger partial charge in [0.05, 0.1) is 12.1 Å². The average Bonchev–Trinajstić information content (AvgIpc) is 2.68. The van der Waals surface area contributed by atoms with Gasteiger partial charge >= 0.3 is 0 Å². The summed E-state index contributed by atoms with van der Waals surface area (Å²) in [5.41, 5.74) is 8.38. The zero-order chi connectivity index (χ0) is 19.7. The first kappa shape index (κ1) is 25.4. The van der Waals surface area contributed by atoms with Crippen molar-refractivity contribution in [3.8, 4) is 11.1 Å². The number of benzene rings is 1. The van der Waals surface area contributed by atoms with Crippen LogP contribution in [0.25, 0.3) is 11.1 Å². The Bertz CT molecular complexity index is 799. The second-order valence-electron chi connectivity index (χ2n) is 7.90. The molecule has 0 saturated heterocycles. The van der Waals surface area contributed by atoms with Gasteiger partial charge in [0, 0.05) is 30.8 Å². The fraction of sp³-hybridized carbons (Fsp3) is 0.455. The summed E-state index contributed by atoms with van der Waals surface area (Å²) >= 11 is 0. The van der Waals surface area contributed by atoms with E-state index in [0.717, 1.165) is 16.7 Å². The maximum absolute atomic E-state index is 12.9. The van der Waals surface area contributed by atoms with Crippen LogP contribution in [0, 0.1) is 5.41 Å². The highest BCUT2D eigenvalue weighted by Crippen LogP contribution is 2.50. The van der Waals surface area contributed by atoms with Crippen LogP contribution in [-0.4, -0.2) is 29.1 Å². The molecule has 1 aliphatic rings. The molecule has 3 N–H and O–H groups in total. The summed E-state index contributed by atoms with van der Waals surface area (Å²) in [6.45, 7) is 8.58. The van der Waals surface area contributed by atoms with Gasteiger partial charge in [-0.2, -0.15) is 0 Å². The van der Waals surface area contributed by atoms with Gasteiger partial charge in [0.1, 0.15) is 5.54 Å². The van der Waals surface area contributed by atoms with Crippen molar-refractivity contribution in [1.29, 1.82) is 0 Å². The molecule has 0 aliphatic heterocycles. The number of carbonyl (C=O) groups excluding carboxylic acids is 1. The standard InChI is InChI=1S/C22H29N3O2.2ClH/c1-5-27-19-13-22(23,21(19,3)4)20(26)25-15(2)16-8-10-17(11-9-16)18-7-6-12-24-14-18;;/h6-12,14-15,19H,5,13,23H2,1-4H3,(H,25,26);2*1H. The predicted molar refractivity (Wildman–Crippen MR) is 121 cm³/mol. The Morgan fingerprint density at radius 3 is 2.41 bits per heavy atom. The zero-order valence-electron chi connectivity index (χ0n) is 17.3. The number of pyridine rings is 1. The molecule has 0 bridgehead atoms. The Kier molecular flexibility index (Phi) is 8.66. The van der Waals surface area contributed by atoms with Crippen molar-refractivity contribution < 1.29 is 9.53 Å². The number of rotatable bonds is 6. The van der Waals surface area contributed by atoms with Gasteiger partial charge in [-0.25, -0.2) is 0 Å². The topological polar surface area (TPSA) is 77.2 Å². The lowest BCUT2D eigenvalue weighted by Gasteiger charge is -2.57. The van der Waals surface area contributed by atoms with Crippen LogP contribution in [-0.2, 0) is 9.53 Å². The molecule has 1 fully saturated rings. The molecule has 0 spiro atoms. The minimum atomic E-state index is -0.906. The van der Waals surface area contributed by atoms with Gasteiger partial charge in [-0.3, -0.25) is 9.78 Å². The summed E-state index contributed by atoms with van der Waals surface area (Å²) in [7, 11) is 0. The first-order valence-electron chi connectivity index (χ1n) is 9.51. The summed E-state index contributed by atoms with van der Waals surface area (Å²) in [4.78, 5) is 17.0. The van der Waals surface area contributed by atoms with E-state index in [2.05, 4.69) is 10.3 Å². The second-order valence-corrected chi connectivity index (χ2v) is 7.90. The van der Waals surface area contributed by atoms with Crippen molar-refractivity contribution in [3.05, 3.63) is 54.4 Å². The SMILES string of the molecule is CCOC1CC(N)(C(=O)NC(C)c2ccc(-c3cccnc3)cc2)C1(C)C.Cl.Cl. The van der Waals surface area contributed by atoms with E-state index in [1.165, 1.54) is 0 Å². The fourth-order valence-corrected chi connectivity index (χ4v) is 3.73. The number of amides is 1. The molecule has 3 rings (SSSR count). The molecule has 5 nitrogen and oxygen atoms in total. The van der Waals surface area contributed by atoms with Crippen molar-refractivity contribution in [3.63, 3.8) is 0 Å². The van der Waals surface area contributed by atoms with Crippen LogP contribution in [0.4, 0.5) is 0 Å². The molecule has 1 heterocycles. The van der Waals surface area contributed by atoms with E-state index in [-0.39, 0.29) is 42.9 Å². The van der Waals surface area contributed by atoms with Crippen molar-refractivity contribution in [2.45, 2.75) is 51.8 Å². The van der Waals surface area contributed by atoms with Crippen LogP contribution in [0.2, 0.25) is 0 Å². The monoisotopic (exact) mass is 439 g/mol. The second kappa shape index (κ2) is 9.90. The predicted octanol–water partition coefficient (Wildman–Crippen LogP) is 4.30. The Labute approximate surface area is 185 Å². The number of carbonyl (C=O) groups is 1. The van der Waals surface area contributed by atoms with Gasteiger partial charge in [-0.05, 0) is 36.6 Å². The number of aromatic nitrogens is 1. The highest BCUT2D eigenvalue weighted by atomic mass is 35.5. The van der Waals surface area contributed by atoms with Crippen molar-refractivity contribution in [1.82, 2.24) is 10.3 Å². The van der Waals surface area contributed by atoms with E-state index in [9.17, 15) is 4.79 Å². The molecule has 2 aromatic rings. The van der Waals surface area contributed by atoms with Gasteiger partial charge < -0.3 is 15.8 Å². The summed E-state index contributed by atoms with van der Waals surface area (Å²) in [5, 5.41) is 3.08. The Balaban J connectivity index is 0.00000210. The molecule has 160 valence electrons. The Morgan fingerprint density at radius 1 is 1.24 bits per heavy atom.